The monoisotopic (exact) mass is 327 g/mol. The quantitative estimate of drug-likeness (QED) is 0.816. The number of carbonyl (C=O) groups is 1. The summed E-state index contributed by atoms with van der Waals surface area (Å²) in [4.78, 5) is 16.4. The third-order valence-corrected chi connectivity index (χ3v) is 3.44. The van der Waals surface area contributed by atoms with Crippen molar-refractivity contribution in [3.8, 4) is 0 Å². The molecule has 1 rings (SSSR count). The predicted molar refractivity (Wildman–Crippen MR) is 83.3 cm³/mol. The summed E-state index contributed by atoms with van der Waals surface area (Å²) < 4.78 is 0.870. The lowest BCUT2D eigenvalue weighted by molar-refractivity contribution is 0.0760. The van der Waals surface area contributed by atoms with Crippen LogP contribution in [0.4, 0.5) is 5.69 Å². The van der Waals surface area contributed by atoms with E-state index in [1.807, 2.05) is 32.0 Å². The van der Waals surface area contributed by atoms with E-state index in [1.54, 1.807) is 12.1 Å². The lowest BCUT2D eigenvalue weighted by Gasteiger charge is -2.22. The van der Waals surface area contributed by atoms with Crippen molar-refractivity contribution in [1.82, 2.24) is 9.80 Å². The molecule has 106 valence electrons. The number of anilines is 1. The minimum atomic E-state index is 0.0000520. The van der Waals surface area contributed by atoms with Gasteiger partial charge in [-0.1, -0.05) is 15.9 Å². The molecule has 0 saturated heterocycles. The fourth-order valence-corrected chi connectivity index (χ4v) is 2.23. The van der Waals surface area contributed by atoms with Crippen LogP contribution < -0.4 is 5.73 Å². The summed E-state index contributed by atoms with van der Waals surface area (Å²) >= 11 is 3.37. The van der Waals surface area contributed by atoms with E-state index in [0.29, 0.717) is 17.8 Å². The van der Waals surface area contributed by atoms with Gasteiger partial charge in [0.15, 0.2) is 0 Å². The average Bonchev–Trinajstić information content (AvgIpc) is 2.36. The van der Waals surface area contributed by atoms with Gasteiger partial charge in [-0.3, -0.25) is 4.79 Å². The Hall–Kier alpha value is -1.07. The van der Waals surface area contributed by atoms with E-state index < -0.39 is 0 Å². The lowest BCUT2D eigenvalue weighted by Crippen LogP contribution is -2.33. The summed E-state index contributed by atoms with van der Waals surface area (Å²) in [5, 5.41) is 0. The molecule has 0 aliphatic rings. The Morgan fingerprint density at radius 1 is 1.32 bits per heavy atom. The second kappa shape index (κ2) is 7.50. The van der Waals surface area contributed by atoms with Crippen LogP contribution in [0, 0.1) is 0 Å². The van der Waals surface area contributed by atoms with Crippen molar-refractivity contribution in [3.63, 3.8) is 0 Å². The van der Waals surface area contributed by atoms with E-state index in [0.717, 1.165) is 24.0 Å². The number of hydrogen-bond acceptors (Lipinski definition) is 3. The van der Waals surface area contributed by atoms with Gasteiger partial charge in [0.1, 0.15) is 0 Å². The van der Waals surface area contributed by atoms with Crippen LogP contribution in [0.15, 0.2) is 22.7 Å². The van der Waals surface area contributed by atoms with Gasteiger partial charge in [-0.05, 0) is 52.2 Å². The molecule has 0 aliphatic heterocycles. The number of amides is 1. The molecular weight excluding hydrogens is 306 g/mol. The fourth-order valence-electron chi connectivity index (χ4n) is 1.87. The molecule has 0 aliphatic carbocycles. The molecule has 0 fully saturated rings. The SMILES string of the molecule is CCN(CCCN(C)C)C(=O)c1cc(Br)ccc1N. The van der Waals surface area contributed by atoms with Crippen LogP contribution in [0.25, 0.3) is 0 Å². The first-order valence-corrected chi connectivity index (χ1v) is 7.24. The number of nitrogens with zero attached hydrogens (tertiary/aromatic N) is 2. The average molecular weight is 328 g/mol. The van der Waals surface area contributed by atoms with Gasteiger partial charge in [0, 0.05) is 23.2 Å². The van der Waals surface area contributed by atoms with E-state index in [9.17, 15) is 4.79 Å². The van der Waals surface area contributed by atoms with Crippen molar-refractivity contribution >= 4 is 27.5 Å². The van der Waals surface area contributed by atoms with E-state index in [1.165, 1.54) is 0 Å². The van der Waals surface area contributed by atoms with Crippen LogP contribution in [0.5, 0.6) is 0 Å². The Bertz CT molecular complexity index is 435. The van der Waals surface area contributed by atoms with Gasteiger partial charge in [-0.15, -0.1) is 0 Å². The van der Waals surface area contributed by atoms with Gasteiger partial charge in [0.25, 0.3) is 5.91 Å². The molecular formula is C14H22BrN3O. The Kier molecular flexibility index (Phi) is 6.31. The van der Waals surface area contributed by atoms with E-state index in [-0.39, 0.29) is 5.91 Å². The van der Waals surface area contributed by atoms with Crippen molar-refractivity contribution in [1.29, 1.82) is 0 Å². The fraction of sp³-hybridized carbons (Fsp3) is 0.500. The minimum Gasteiger partial charge on any atom is -0.398 e. The summed E-state index contributed by atoms with van der Waals surface area (Å²) in [5.74, 6) is 0.0000520. The molecule has 0 saturated carbocycles. The largest absolute Gasteiger partial charge is 0.398 e. The Labute approximate surface area is 123 Å². The van der Waals surface area contributed by atoms with Gasteiger partial charge in [0.05, 0.1) is 5.56 Å². The van der Waals surface area contributed by atoms with Crippen molar-refractivity contribution < 1.29 is 4.79 Å². The van der Waals surface area contributed by atoms with Gasteiger partial charge >= 0.3 is 0 Å². The molecule has 4 nitrogen and oxygen atoms in total. The summed E-state index contributed by atoms with van der Waals surface area (Å²) in [6.45, 7) is 4.40. The standard InChI is InChI=1S/C14H22BrN3O/c1-4-18(9-5-8-17(2)3)14(19)12-10-11(15)6-7-13(12)16/h6-7,10H,4-5,8-9,16H2,1-3H3. The van der Waals surface area contributed by atoms with Crippen molar-refractivity contribution in [2.45, 2.75) is 13.3 Å². The first kappa shape index (κ1) is 16.0. The molecule has 0 bridgehead atoms. The van der Waals surface area contributed by atoms with Gasteiger partial charge in [-0.25, -0.2) is 0 Å². The van der Waals surface area contributed by atoms with E-state index >= 15 is 0 Å². The molecule has 1 amide bonds. The maximum absolute atomic E-state index is 12.4. The van der Waals surface area contributed by atoms with Crippen LogP contribution in [-0.4, -0.2) is 49.4 Å². The number of benzene rings is 1. The highest BCUT2D eigenvalue weighted by Gasteiger charge is 2.16. The van der Waals surface area contributed by atoms with Gasteiger partial charge < -0.3 is 15.5 Å². The van der Waals surface area contributed by atoms with Gasteiger partial charge in [0.2, 0.25) is 0 Å². The van der Waals surface area contributed by atoms with Crippen molar-refractivity contribution in [2.24, 2.45) is 0 Å². The number of carbonyl (C=O) groups excluding carboxylic acids is 1. The molecule has 1 aromatic rings. The van der Waals surface area contributed by atoms with Crippen LogP contribution in [0.2, 0.25) is 0 Å². The molecule has 5 heteroatoms. The van der Waals surface area contributed by atoms with Gasteiger partial charge in [-0.2, -0.15) is 0 Å². The molecule has 0 spiro atoms. The highest BCUT2D eigenvalue weighted by Crippen LogP contribution is 2.20. The molecule has 2 N–H and O–H groups in total. The molecule has 0 aromatic heterocycles. The topological polar surface area (TPSA) is 49.6 Å². The molecule has 1 aromatic carbocycles. The summed E-state index contributed by atoms with van der Waals surface area (Å²) in [7, 11) is 4.06. The number of halogens is 1. The van der Waals surface area contributed by atoms with Crippen LogP contribution in [0.1, 0.15) is 23.7 Å². The summed E-state index contributed by atoms with van der Waals surface area (Å²) in [6, 6.07) is 5.38. The second-order valence-electron chi connectivity index (χ2n) is 4.77. The molecule has 19 heavy (non-hydrogen) atoms. The Morgan fingerprint density at radius 3 is 2.58 bits per heavy atom. The number of nitrogen functional groups attached to an aromatic ring is 1. The highest BCUT2D eigenvalue weighted by molar-refractivity contribution is 9.10. The minimum absolute atomic E-state index is 0.0000520. The number of nitrogens with two attached hydrogens (primary N) is 1. The molecule has 0 unspecified atom stereocenters. The second-order valence-corrected chi connectivity index (χ2v) is 5.69. The number of rotatable bonds is 6. The summed E-state index contributed by atoms with van der Waals surface area (Å²) in [5.41, 5.74) is 6.98. The van der Waals surface area contributed by atoms with Crippen molar-refractivity contribution in [2.75, 3.05) is 39.5 Å². The third kappa shape index (κ3) is 4.84. The Morgan fingerprint density at radius 2 is 2.00 bits per heavy atom. The lowest BCUT2D eigenvalue weighted by atomic mass is 10.1. The zero-order valence-corrected chi connectivity index (χ0v) is 13.4. The maximum atomic E-state index is 12.4. The van der Waals surface area contributed by atoms with Crippen LogP contribution in [-0.2, 0) is 0 Å². The smallest absolute Gasteiger partial charge is 0.255 e. The van der Waals surface area contributed by atoms with Crippen molar-refractivity contribution in [3.05, 3.63) is 28.2 Å². The van der Waals surface area contributed by atoms with Crippen LogP contribution in [0.3, 0.4) is 0 Å². The predicted octanol–water partition coefficient (Wildman–Crippen LogP) is 2.45. The molecule has 0 heterocycles. The highest BCUT2D eigenvalue weighted by atomic mass is 79.9. The third-order valence-electron chi connectivity index (χ3n) is 2.95. The maximum Gasteiger partial charge on any atom is 0.255 e. The first-order valence-electron chi connectivity index (χ1n) is 6.44. The molecule has 0 atom stereocenters. The van der Waals surface area contributed by atoms with E-state index in [2.05, 4.69) is 20.8 Å². The first-order chi connectivity index (χ1) is 8.95. The van der Waals surface area contributed by atoms with Crippen LogP contribution >= 0.6 is 15.9 Å². The zero-order valence-electron chi connectivity index (χ0n) is 11.8. The number of hydrogen-bond donors (Lipinski definition) is 1. The van der Waals surface area contributed by atoms with E-state index in [4.69, 9.17) is 5.73 Å². The zero-order chi connectivity index (χ0) is 14.4. The molecule has 0 radical (unpaired) electrons. The summed E-state index contributed by atoms with van der Waals surface area (Å²) in [6.07, 6.45) is 0.959. The normalized spacial score (nSPS) is 10.8. The Balaban J connectivity index is 2.75.